The van der Waals surface area contributed by atoms with Crippen molar-refractivity contribution >= 4 is 11.6 Å². The van der Waals surface area contributed by atoms with Crippen molar-refractivity contribution < 1.29 is 19.7 Å². The van der Waals surface area contributed by atoms with Gasteiger partial charge in [-0.2, -0.15) is 0 Å². The molecule has 5 nitrogen and oxygen atoms in total. The van der Waals surface area contributed by atoms with Crippen LogP contribution in [-0.4, -0.2) is 28.8 Å². The largest absolute Gasteiger partial charge is 0.504 e. The van der Waals surface area contributed by atoms with Crippen molar-refractivity contribution in [3.05, 3.63) is 18.2 Å². The third-order valence-corrected chi connectivity index (χ3v) is 3.33. The summed E-state index contributed by atoms with van der Waals surface area (Å²) in [5.74, 6) is -0.137. The van der Waals surface area contributed by atoms with Gasteiger partial charge in [-0.1, -0.05) is 0 Å². The van der Waals surface area contributed by atoms with Crippen LogP contribution in [0.4, 0.5) is 5.69 Å². The first-order chi connectivity index (χ1) is 9.08. The van der Waals surface area contributed by atoms with Crippen molar-refractivity contribution in [2.45, 2.75) is 32.3 Å². The van der Waals surface area contributed by atoms with Gasteiger partial charge in [-0.3, -0.25) is 4.79 Å². The molecule has 0 heterocycles. The van der Waals surface area contributed by atoms with Crippen LogP contribution < -0.4 is 5.32 Å². The van der Waals surface area contributed by atoms with Gasteiger partial charge in [0, 0.05) is 24.8 Å². The van der Waals surface area contributed by atoms with Crippen molar-refractivity contribution in [3.8, 4) is 11.5 Å². The average molecular weight is 265 g/mol. The molecule has 0 radical (unpaired) electrons. The van der Waals surface area contributed by atoms with Crippen LogP contribution in [0.15, 0.2) is 18.2 Å². The Balaban J connectivity index is 1.77. The topological polar surface area (TPSA) is 78.8 Å². The SMILES string of the molecule is CCOC1CC(CC(=O)Nc2ccc(O)c(O)c2)C1. The van der Waals surface area contributed by atoms with Crippen molar-refractivity contribution in [1.82, 2.24) is 0 Å². The van der Waals surface area contributed by atoms with Gasteiger partial charge >= 0.3 is 0 Å². The number of ether oxygens (including phenoxy) is 1. The summed E-state index contributed by atoms with van der Waals surface area (Å²) in [6.07, 6.45) is 2.63. The minimum Gasteiger partial charge on any atom is -0.504 e. The molecule has 1 amide bonds. The van der Waals surface area contributed by atoms with E-state index < -0.39 is 0 Å². The second-order valence-electron chi connectivity index (χ2n) is 4.87. The average Bonchev–Trinajstić information content (AvgIpc) is 2.31. The zero-order chi connectivity index (χ0) is 13.8. The summed E-state index contributed by atoms with van der Waals surface area (Å²) in [6.45, 7) is 2.69. The molecule has 104 valence electrons. The minimum absolute atomic E-state index is 0.0787. The molecule has 0 atom stereocenters. The van der Waals surface area contributed by atoms with E-state index in [1.807, 2.05) is 6.92 Å². The Bertz CT molecular complexity index is 455. The molecule has 0 spiro atoms. The van der Waals surface area contributed by atoms with E-state index >= 15 is 0 Å². The number of carbonyl (C=O) groups is 1. The highest BCUT2D eigenvalue weighted by Crippen LogP contribution is 2.33. The molecule has 5 heteroatoms. The number of anilines is 1. The quantitative estimate of drug-likeness (QED) is 0.563. The van der Waals surface area contributed by atoms with E-state index in [0.717, 1.165) is 19.4 Å². The summed E-state index contributed by atoms with van der Waals surface area (Å²) in [4.78, 5) is 11.8. The molecule has 1 fully saturated rings. The first-order valence-corrected chi connectivity index (χ1v) is 6.52. The molecule has 0 bridgehead atoms. The number of hydrogen-bond donors (Lipinski definition) is 3. The number of phenols is 2. The lowest BCUT2D eigenvalue weighted by Gasteiger charge is -2.34. The number of amides is 1. The lowest BCUT2D eigenvalue weighted by molar-refractivity contribution is -0.119. The van der Waals surface area contributed by atoms with Crippen molar-refractivity contribution in [2.24, 2.45) is 5.92 Å². The molecule has 1 aliphatic rings. The van der Waals surface area contributed by atoms with Crippen LogP contribution in [0, 0.1) is 5.92 Å². The van der Waals surface area contributed by atoms with E-state index in [4.69, 9.17) is 4.74 Å². The summed E-state index contributed by atoms with van der Waals surface area (Å²) in [5, 5.41) is 21.2. The summed E-state index contributed by atoms with van der Waals surface area (Å²) in [7, 11) is 0. The van der Waals surface area contributed by atoms with Crippen LogP contribution in [0.5, 0.6) is 11.5 Å². The Labute approximate surface area is 112 Å². The van der Waals surface area contributed by atoms with Gasteiger partial charge in [0.2, 0.25) is 5.91 Å². The molecular formula is C14H19NO4. The van der Waals surface area contributed by atoms with Crippen molar-refractivity contribution in [3.63, 3.8) is 0 Å². The fourth-order valence-electron chi connectivity index (χ4n) is 2.29. The van der Waals surface area contributed by atoms with Crippen molar-refractivity contribution in [2.75, 3.05) is 11.9 Å². The smallest absolute Gasteiger partial charge is 0.224 e. The third-order valence-electron chi connectivity index (χ3n) is 3.33. The fourth-order valence-corrected chi connectivity index (χ4v) is 2.29. The van der Waals surface area contributed by atoms with Crippen LogP contribution in [0.2, 0.25) is 0 Å². The molecule has 1 aromatic carbocycles. The highest BCUT2D eigenvalue weighted by atomic mass is 16.5. The highest BCUT2D eigenvalue weighted by Gasteiger charge is 2.31. The molecule has 2 rings (SSSR count). The molecule has 19 heavy (non-hydrogen) atoms. The lowest BCUT2D eigenvalue weighted by atomic mass is 9.80. The molecule has 1 saturated carbocycles. The maximum Gasteiger partial charge on any atom is 0.224 e. The van der Waals surface area contributed by atoms with Crippen molar-refractivity contribution in [1.29, 1.82) is 0 Å². The van der Waals surface area contributed by atoms with E-state index in [-0.39, 0.29) is 17.4 Å². The number of hydrogen-bond acceptors (Lipinski definition) is 4. The van der Waals surface area contributed by atoms with E-state index in [9.17, 15) is 15.0 Å². The molecule has 0 aromatic heterocycles. The van der Waals surface area contributed by atoms with E-state index in [2.05, 4.69) is 5.32 Å². The normalized spacial score (nSPS) is 21.7. The van der Waals surface area contributed by atoms with Crippen LogP contribution in [0.1, 0.15) is 26.2 Å². The Morgan fingerprint density at radius 3 is 2.74 bits per heavy atom. The van der Waals surface area contributed by atoms with Gasteiger partial charge in [0.15, 0.2) is 11.5 Å². The molecule has 1 aromatic rings. The number of carbonyl (C=O) groups excluding carboxylic acids is 1. The summed E-state index contributed by atoms with van der Waals surface area (Å²) in [5.41, 5.74) is 0.487. The monoisotopic (exact) mass is 265 g/mol. The molecular weight excluding hydrogens is 246 g/mol. The molecule has 3 N–H and O–H groups in total. The number of nitrogens with one attached hydrogen (secondary N) is 1. The number of benzene rings is 1. The minimum atomic E-state index is -0.238. The summed E-state index contributed by atoms with van der Waals surface area (Å²) < 4.78 is 5.44. The van der Waals surface area contributed by atoms with Gasteiger partial charge in [0.05, 0.1) is 6.10 Å². The molecule has 0 unspecified atom stereocenters. The standard InChI is InChI=1S/C14H19NO4/c1-2-19-11-5-9(6-11)7-14(18)15-10-3-4-12(16)13(17)8-10/h3-4,8-9,11,16-17H,2,5-7H2,1H3,(H,15,18). The van der Waals surface area contributed by atoms with Crippen LogP contribution in [-0.2, 0) is 9.53 Å². The predicted octanol–water partition coefficient (Wildman–Crippen LogP) is 2.24. The second-order valence-corrected chi connectivity index (χ2v) is 4.87. The Morgan fingerprint density at radius 2 is 2.11 bits per heavy atom. The third kappa shape index (κ3) is 3.61. The first kappa shape index (κ1) is 13.7. The zero-order valence-corrected chi connectivity index (χ0v) is 10.9. The summed E-state index contributed by atoms with van der Waals surface area (Å²) >= 11 is 0. The first-order valence-electron chi connectivity index (χ1n) is 6.52. The van der Waals surface area contributed by atoms with Gasteiger partial charge in [-0.15, -0.1) is 0 Å². The number of aromatic hydroxyl groups is 2. The van der Waals surface area contributed by atoms with E-state index in [1.165, 1.54) is 12.1 Å². The second kappa shape index (κ2) is 5.93. The molecule has 0 aliphatic heterocycles. The van der Waals surface area contributed by atoms with E-state index in [1.54, 1.807) is 6.07 Å². The van der Waals surface area contributed by atoms with Gasteiger partial charge in [0.25, 0.3) is 0 Å². The van der Waals surface area contributed by atoms with Crippen LogP contribution in [0.25, 0.3) is 0 Å². The maximum absolute atomic E-state index is 11.8. The van der Waals surface area contributed by atoms with Gasteiger partial charge < -0.3 is 20.3 Å². The van der Waals surface area contributed by atoms with E-state index in [0.29, 0.717) is 24.1 Å². The number of rotatable bonds is 5. The molecule has 0 saturated heterocycles. The Kier molecular flexibility index (Phi) is 4.27. The highest BCUT2D eigenvalue weighted by molar-refractivity contribution is 5.91. The summed E-state index contributed by atoms with van der Waals surface area (Å²) in [6, 6.07) is 4.23. The van der Waals surface area contributed by atoms with Crippen LogP contribution >= 0.6 is 0 Å². The van der Waals surface area contributed by atoms with Gasteiger partial charge in [-0.25, -0.2) is 0 Å². The predicted molar refractivity (Wildman–Crippen MR) is 71.2 cm³/mol. The molecule has 1 aliphatic carbocycles. The van der Waals surface area contributed by atoms with Gasteiger partial charge in [0.1, 0.15) is 0 Å². The maximum atomic E-state index is 11.8. The van der Waals surface area contributed by atoms with Crippen LogP contribution in [0.3, 0.4) is 0 Å². The lowest BCUT2D eigenvalue weighted by Crippen LogP contribution is -2.33. The Morgan fingerprint density at radius 1 is 1.37 bits per heavy atom. The number of phenolic OH excluding ortho intramolecular Hbond substituents is 2. The fraction of sp³-hybridized carbons (Fsp3) is 0.500. The van der Waals surface area contributed by atoms with Gasteiger partial charge in [-0.05, 0) is 37.8 Å². The Hall–Kier alpha value is -1.75. The zero-order valence-electron chi connectivity index (χ0n) is 10.9.